The molecule has 0 aliphatic heterocycles. The third-order valence-corrected chi connectivity index (χ3v) is 4.23. The summed E-state index contributed by atoms with van der Waals surface area (Å²) in [5.74, 6) is -0.335. The number of aryl methyl sites for hydroxylation is 2. The third kappa shape index (κ3) is 3.36. The van der Waals surface area contributed by atoms with Gasteiger partial charge in [0.25, 0.3) is 0 Å². The van der Waals surface area contributed by atoms with Crippen LogP contribution in [0.1, 0.15) is 35.5 Å². The van der Waals surface area contributed by atoms with E-state index < -0.39 is 0 Å². The van der Waals surface area contributed by atoms with Gasteiger partial charge < -0.3 is 11.1 Å². The number of amides is 1. The van der Waals surface area contributed by atoms with Gasteiger partial charge in [-0.1, -0.05) is 37.3 Å². The molecule has 0 spiro atoms. The Morgan fingerprint density at radius 3 is 2.50 bits per heavy atom. The second kappa shape index (κ2) is 6.75. The number of rotatable bonds is 5. The zero-order chi connectivity index (χ0) is 16.3. The fourth-order valence-corrected chi connectivity index (χ4v) is 2.54. The smallest absolute Gasteiger partial charge is 0.225 e. The number of nitrogens with two attached hydrogens (primary N) is 1. The summed E-state index contributed by atoms with van der Waals surface area (Å²) in [6.45, 7) is 6.29. The Kier molecular flexibility index (Phi) is 4.98. The van der Waals surface area contributed by atoms with Gasteiger partial charge in [-0.2, -0.15) is 5.10 Å². The van der Waals surface area contributed by atoms with Gasteiger partial charge >= 0.3 is 0 Å². The van der Waals surface area contributed by atoms with Crippen LogP contribution in [0.5, 0.6) is 0 Å². The van der Waals surface area contributed by atoms with Crippen LogP contribution in [0.25, 0.3) is 0 Å². The number of hydrogen-bond acceptors (Lipinski definition) is 3. The third-order valence-electron chi connectivity index (χ3n) is 4.23. The first-order chi connectivity index (χ1) is 10.4. The summed E-state index contributed by atoms with van der Waals surface area (Å²) < 4.78 is 1.83. The van der Waals surface area contributed by atoms with E-state index in [0.29, 0.717) is 6.54 Å². The van der Waals surface area contributed by atoms with Crippen LogP contribution in [0.15, 0.2) is 30.3 Å². The molecule has 5 heteroatoms. The molecular formula is C17H24N4O. The van der Waals surface area contributed by atoms with Crippen LogP contribution in [-0.2, 0) is 18.4 Å². The van der Waals surface area contributed by atoms with Gasteiger partial charge in [-0.3, -0.25) is 9.48 Å². The van der Waals surface area contributed by atoms with E-state index in [0.717, 1.165) is 22.5 Å². The zero-order valence-corrected chi connectivity index (χ0v) is 13.6. The molecule has 1 aromatic heterocycles. The Labute approximate surface area is 131 Å². The van der Waals surface area contributed by atoms with Crippen molar-refractivity contribution < 1.29 is 4.79 Å². The molecule has 1 amide bonds. The molecule has 0 saturated heterocycles. The number of carbonyl (C=O) groups excluding carboxylic acids is 1. The predicted molar refractivity (Wildman–Crippen MR) is 87.1 cm³/mol. The SMILES string of the molecule is Cc1nn(C)c(C)c1CNC(=O)C(C)C(N)c1ccccc1. The quantitative estimate of drug-likeness (QED) is 0.887. The van der Waals surface area contributed by atoms with Crippen molar-refractivity contribution in [3.05, 3.63) is 52.8 Å². The lowest BCUT2D eigenvalue weighted by Gasteiger charge is -2.20. The van der Waals surface area contributed by atoms with Crippen LogP contribution >= 0.6 is 0 Å². The van der Waals surface area contributed by atoms with Crippen LogP contribution in [-0.4, -0.2) is 15.7 Å². The van der Waals surface area contributed by atoms with Gasteiger partial charge in [-0.15, -0.1) is 0 Å². The Morgan fingerprint density at radius 2 is 1.95 bits per heavy atom. The van der Waals surface area contributed by atoms with E-state index >= 15 is 0 Å². The molecule has 0 aliphatic rings. The molecule has 0 radical (unpaired) electrons. The lowest BCUT2D eigenvalue weighted by Crippen LogP contribution is -2.35. The summed E-state index contributed by atoms with van der Waals surface area (Å²) in [5.41, 5.74) is 10.2. The summed E-state index contributed by atoms with van der Waals surface area (Å²) >= 11 is 0. The average molecular weight is 300 g/mol. The number of nitrogens with one attached hydrogen (secondary N) is 1. The maximum absolute atomic E-state index is 12.3. The molecule has 1 aromatic carbocycles. The second-order valence-electron chi connectivity index (χ2n) is 5.72. The van der Waals surface area contributed by atoms with Crippen molar-refractivity contribution >= 4 is 5.91 Å². The lowest BCUT2D eigenvalue weighted by atomic mass is 9.94. The fourth-order valence-electron chi connectivity index (χ4n) is 2.54. The highest BCUT2D eigenvalue weighted by atomic mass is 16.1. The minimum Gasteiger partial charge on any atom is -0.352 e. The minimum absolute atomic E-state index is 0.0426. The van der Waals surface area contributed by atoms with E-state index in [-0.39, 0.29) is 17.9 Å². The second-order valence-corrected chi connectivity index (χ2v) is 5.72. The molecule has 2 atom stereocenters. The van der Waals surface area contributed by atoms with E-state index in [4.69, 9.17) is 5.73 Å². The van der Waals surface area contributed by atoms with Crippen molar-refractivity contribution in [3.63, 3.8) is 0 Å². The molecule has 2 unspecified atom stereocenters. The zero-order valence-electron chi connectivity index (χ0n) is 13.6. The van der Waals surface area contributed by atoms with Gasteiger partial charge in [0.2, 0.25) is 5.91 Å². The fraction of sp³-hybridized carbons (Fsp3) is 0.412. The molecule has 2 rings (SSSR count). The largest absolute Gasteiger partial charge is 0.352 e. The summed E-state index contributed by atoms with van der Waals surface area (Å²) in [7, 11) is 1.90. The van der Waals surface area contributed by atoms with Gasteiger partial charge in [0, 0.05) is 30.9 Å². The average Bonchev–Trinajstić information content (AvgIpc) is 2.77. The number of benzene rings is 1. The van der Waals surface area contributed by atoms with E-state index in [1.807, 2.05) is 62.8 Å². The monoisotopic (exact) mass is 300 g/mol. The van der Waals surface area contributed by atoms with Crippen molar-refractivity contribution in [3.8, 4) is 0 Å². The standard InChI is InChI=1S/C17H24N4O/c1-11(16(18)14-8-6-5-7-9-14)17(22)19-10-15-12(2)20-21(4)13(15)3/h5-9,11,16H,10,18H2,1-4H3,(H,19,22). The molecule has 2 aromatic rings. The lowest BCUT2D eigenvalue weighted by molar-refractivity contribution is -0.125. The molecule has 0 aliphatic carbocycles. The van der Waals surface area contributed by atoms with Crippen LogP contribution in [0.4, 0.5) is 0 Å². The highest BCUT2D eigenvalue weighted by Gasteiger charge is 2.22. The summed E-state index contributed by atoms with van der Waals surface area (Å²) in [6, 6.07) is 9.39. The van der Waals surface area contributed by atoms with Crippen molar-refractivity contribution in [2.75, 3.05) is 0 Å². The maximum atomic E-state index is 12.3. The van der Waals surface area contributed by atoms with E-state index in [2.05, 4.69) is 10.4 Å². The number of aromatic nitrogens is 2. The van der Waals surface area contributed by atoms with Crippen LogP contribution in [0.2, 0.25) is 0 Å². The Morgan fingerprint density at radius 1 is 1.32 bits per heavy atom. The molecule has 3 N–H and O–H groups in total. The van der Waals surface area contributed by atoms with Gasteiger partial charge in [-0.25, -0.2) is 0 Å². The minimum atomic E-state index is -0.308. The van der Waals surface area contributed by atoms with Gasteiger partial charge in [0.15, 0.2) is 0 Å². The van der Waals surface area contributed by atoms with Crippen molar-refractivity contribution in [1.29, 1.82) is 0 Å². The first-order valence-electron chi connectivity index (χ1n) is 7.49. The highest BCUT2D eigenvalue weighted by molar-refractivity contribution is 5.79. The van der Waals surface area contributed by atoms with Crippen LogP contribution in [0, 0.1) is 19.8 Å². The molecule has 0 saturated carbocycles. The van der Waals surface area contributed by atoms with Crippen LogP contribution < -0.4 is 11.1 Å². The summed E-state index contributed by atoms with van der Waals surface area (Å²) in [4.78, 5) is 12.3. The number of carbonyl (C=O) groups is 1. The number of hydrogen-bond donors (Lipinski definition) is 2. The molecular weight excluding hydrogens is 276 g/mol. The highest BCUT2D eigenvalue weighted by Crippen LogP contribution is 2.19. The van der Waals surface area contributed by atoms with Gasteiger partial charge in [0.1, 0.15) is 0 Å². The van der Waals surface area contributed by atoms with E-state index in [1.54, 1.807) is 0 Å². The molecule has 0 bridgehead atoms. The Bertz CT molecular complexity index is 648. The normalized spacial score (nSPS) is 13.7. The van der Waals surface area contributed by atoms with E-state index in [1.165, 1.54) is 0 Å². The van der Waals surface area contributed by atoms with Crippen LogP contribution in [0.3, 0.4) is 0 Å². The molecule has 5 nitrogen and oxygen atoms in total. The molecule has 0 fully saturated rings. The first kappa shape index (κ1) is 16.2. The topological polar surface area (TPSA) is 72.9 Å². The molecule has 118 valence electrons. The van der Waals surface area contributed by atoms with Gasteiger partial charge in [0.05, 0.1) is 11.6 Å². The van der Waals surface area contributed by atoms with Crippen molar-refractivity contribution in [1.82, 2.24) is 15.1 Å². The van der Waals surface area contributed by atoms with Gasteiger partial charge in [-0.05, 0) is 19.4 Å². The molecule has 22 heavy (non-hydrogen) atoms. The Balaban J connectivity index is 2.00. The van der Waals surface area contributed by atoms with E-state index in [9.17, 15) is 4.79 Å². The summed E-state index contributed by atoms with van der Waals surface area (Å²) in [5, 5.41) is 7.33. The predicted octanol–water partition coefficient (Wildman–Crippen LogP) is 1.99. The maximum Gasteiger partial charge on any atom is 0.225 e. The van der Waals surface area contributed by atoms with Crippen molar-refractivity contribution in [2.45, 2.75) is 33.4 Å². The number of nitrogens with zero attached hydrogens (tertiary/aromatic N) is 2. The Hall–Kier alpha value is -2.14. The molecule has 1 heterocycles. The summed E-state index contributed by atoms with van der Waals surface area (Å²) in [6.07, 6.45) is 0. The first-order valence-corrected chi connectivity index (χ1v) is 7.49. The van der Waals surface area contributed by atoms with Crippen molar-refractivity contribution in [2.24, 2.45) is 18.7 Å².